The molecule has 0 aromatic carbocycles. The molecule has 0 amide bonds. The molecular weight excluding hydrogens is 155 g/mol. The van der Waals surface area contributed by atoms with Crippen LogP contribution in [0.25, 0.3) is 0 Å². The molecule has 0 aliphatic carbocycles. The highest BCUT2D eigenvalue weighted by Gasteiger charge is 2.15. The Bertz CT molecular complexity index is 269. The van der Waals surface area contributed by atoms with E-state index in [1.165, 1.54) is 12.3 Å². The van der Waals surface area contributed by atoms with Gasteiger partial charge in [-0.05, 0) is 18.9 Å². The summed E-state index contributed by atoms with van der Waals surface area (Å²) < 4.78 is 13.2. The molecule has 1 aromatic heterocycles. The van der Waals surface area contributed by atoms with E-state index < -0.39 is 0 Å². The second kappa shape index (κ2) is 3.09. The third-order valence-electron chi connectivity index (χ3n) is 2.20. The molecule has 2 rings (SSSR count). The van der Waals surface area contributed by atoms with Gasteiger partial charge in [0.25, 0.3) is 0 Å². The molecule has 0 saturated carbocycles. The summed E-state index contributed by atoms with van der Waals surface area (Å²) in [6, 6.07) is 1.41. The van der Waals surface area contributed by atoms with Gasteiger partial charge in [0, 0.05) is 19.3 Å². The van der Waals surface area contributed by atoms with E-state index in [1.807, 2.05) is 4.90 Å². The van der Waals surface area contributed by atoms with E-state index in [4.69, 9.17) is 0 Å². The molecule has 0 bridgehead atoms. The number of hydrogen-bond donors (Lipinski definition) is 0. The number of aromatic nitrogens is 1. The molecule has 12 heavy (non-hydrogen) atoms. The first-order valence-corrected chi connectivity index (χ1v) is 4.22. The van der Waals surface area contributed by atoms with Gasteiger partial charge in [0.2, 0.25) is 0 Å². The van der Waals surface area contributed by atoms with Gasteiger partial charge in [-0.3, -0.25) is 4.98 Å². The van der Waals surface area contributed by atoms with Crippen molar-refractivity contribution in [2.45, 2.75) is 12.8 Å². The van der Waals surface area contributed by atoms with Crippen molar-refractivity contribution >= 4 is 5.69 Å². The Kier molecular flexibility index (Phi) is 1.94. The fourth-order valence-electron chi connectivity index (χ4n) is 1.56. The van der Waals surface area contributed by atoms with Gasteiger partial charge in [-0.2, -0.15) is 0 Å². The summed E-state index contributed by atoms with van der Waals surface area (Å²) in [6.07, 6.45) is 5.40. The number of rotatable bonds is 1. The van der Waals surface area contributed by atoms with E-state index in [1.54, 1.807) is 6.20 Å². The molecule has 1 aliphatic heterocycles. The van der Waals surface area contributed by atoms with E-state index in [9.17, 15) is 4.39 Å². The molecule has 3 heteroatoms. The van der Waals surface area contributed by atoms with Crippen LogP contribution in [0.4, 0.5) is 10.1 Å². The molecule has 2 heterocycles. The van der Waals surface area contributed by atoms with Crippen LogP contribution in [0.3, 0.4) is 0 Å². The van der Waals surface area contributed by atoms with Crippen LogP contribution in [0.5, 0.6) is 0 Å². The topological polar surface area (TPSA) is 16.1 Å². The van der Waals surface area contributed by atoms with E-state index in [0.717, 1.165) is 25.9 Å². The van der Waals surface area contributed by atoms with E-state index in [2.05, 4.69) is 4.98 Å². The third-order valence-corrected chi connectivity index (χ3v) is 2.20. The Morgan fingerprint density at radius 2 is 2.08 bits per heavy atom. The largest absolute Gasteiger partial charge is 0.368 e. The fraction of sp³-hybridized carbons (Fsp3) is 0.444. The van der Waals surface area contributed by atoms with Crippen LogP contribution in [-0.2, 0) is 0 Å². The van der Waals surface area contributed by atoms with Crippen molar-refractivity contribution in [3.63, 3.8) is 0 Å². The predicted molar refractivity (Wildman–Crippen MR) is 45.6 cm³/mol. The number of nitrogens with zero attached hydrogens (tertiary/aromatic N) is 2. The van der Waals surface area contributed by atoms with Crippen molar-refractivity contribution in [3.8, 4) is 0 Å². The van der Waals surface area contributed by atoms with Crippen LogP contribution < -0.4 is 4.90 Å². The first-order chi connectivity index (χ1) is 5.88. The lowest BCUT2D eigenvalue weighted by Crippen LogP contribution is -2.18. The van der Waals surface area contributed by atoms with Gasteiger partial charge in [0.1, 0.15) is 5.82 Å². The van der Waals surface area contributed by atoms with Crippen LogP contribution in [-0.4, -0.2) is 18.1 Å². The van der Waals surface area contributed by atoms with Crippen LogP contribution in [0.2, 0.25) is 0 Å². The second-order valence-electron chi connectivity index (χ2n) is 3.02. The summed E-state index contributed by atoms with van der Waals surface area (Å²) in [4.78, 5) is 5.95. The third kappa shape index (κ3) is 1.26. The molecule has 1 aromatic rings. The van der Waals surface area contributed by atoms with Crippen molar-refractivity contribution in [1.82, 2.24) is 4.98 Å². The lowest BCUT2D eigenvalue weighted by Gasteiger charge is -2.16. The Hall–Kier alpha value is -1.12. The average Bonchev–Trinajstić information content (AvgIpc) is 2.57. The minimum absolute atomic E-state index is 0.160. The Labute approximate surface area is 71.0 Å². The SMILES string of the molecule is Fc1ccncc1N1CCCC1. The average molecular weight is 166 g/mol. The van der Waals surface area contributed by atoms with Gasteiger partial charge in [0.15, 0.2) is 0 Å². The van der Waals surface area contributed by atoms with Crippen LogP contribution >= 0.6 is 0 Å². The molecule has 2 nitrogen and oxygen atoms in total. The summed E-state index contributed by atoms with van der Waals surface area (Å²) in [7, 11) is 0. The Morgan fingerprint density at radius 1 is 1.33 bits per heavy atom. The summed E-state index contributed by atoms with van der Waals surface area (Å²) in [5.74, 6) is -0.160. The highest BCUT2D eigenvalue weighted by Crippen LogP contribution is 2.21. The summed E-state index contributed by atoms with van der Waals surface area (Å²) in [6.45, 7) is 1.92. The van der Waals surface area contributed by atoms with Gasteiger partial charge in [-0.1, -0.05) is 0 Å². The first kappa shape index (κ1) is 7.53. The quantitative estimate of drug-likeness (QED) is 0.632. The minimum atomic E-state index is -0.160. The Morgan fingerprint density at radius 3 is 2.75 bits per heavy atom. The van der Waals surface area contributed by atoms with Gasteiger partial charge in [-0.25, -0.2) is 4.39 Å². The maximum absolute atomic E-state index is 13.2. The van der Waals surface area contributed by atoms with Gasteiger partial charge in [-0.15, -0.1) is 0 Å². The molecule has 0 radical (unpaired) electrons. The van der Waals surface area contributed by atoms with Crippen LogP contribution in [0.15, 0.2) is 18.5 Å². The molecule has 1 saturated heterocycles. The summed E-state index contributed by atoms with van der Waals surface area (Å²) in [5.41, 5.74) is 0.648. The molecule has 1 fully saturated rings. The lowest BCUT2D eigenvalue weighted by atomic mass is 10.3. The monoisotopic (exact) mass is 166 g/mol. The number of hydrogen-bond acceptors (Lipinski definition) is 2. The predicted octanol–water partition coefficient (Wildman–Crippen LogP) is 1.82. The number of pyridine rings is 1. The fourth-order valence-corrected chi connectivity index (χ4v) is 1.56. The molecular formula is C9H11FN2. The molecule has 64 valence electrons. The number of anilines is 1. The van der Waals surface area contributed by atoms with Crippen molar-refractivity contribution in [3.05, 3.63) is 24.3 Å². The maximum atomic E-state index is 13.2. The molecule has 1 aliphatic rings. The lowest BCUT2D eigenvalue weighted by molar-refractivity contribution is 0.620. The first-order valence-electron chi connectivity index (χ1n) is 4.22. The second-order valence-corrected chi connectivity index (χ2v) is 3.02. The molecule has 0 atom stereocenters. The maximum Gasteiger partial charge on any atom is 0.149 e. The summed E-state index contributed by atoms with van der Waals surface area (Å²) >= 11 is 0. The minimum Gasteiger partial charge on any atom is -0.368 e. The number of halogens is 1. The van der Waals surface area contributed by atoms with E-state index in [-0.39, 0.29) is 5.82 Å². The van der Waals surface area contributed by atoms with Gasteiger partial charge < -0.3 is 4.90 Å². The van der Waals surface area contributed by atoms with Crippen molar-refractivity contribution in [1.29, 1.82) is 0 Å². The zero-order chi connectivity index (χ0) is 8.39. The van der Waals surface area contributed by atoms with Gasteiger partial charge >= 0.3 is 0 Å². The molecule has 0 N–H and O–H groups in total. The van der Waals surface area contributed by atoms with Crippen LogP contribution in [0.1, 0.15) is 12.8 Å². The molecule has 0 spiro atoms. The summed E-state index contributed by atoms with van der Waals surface area (Å²) in [5, 5.41) is 0. The normalized spacial score (nSPS) is 16.9. The standard InChI is InChI=1S/C9H11FN2/c10-8-3-4-11-7-9(8)12-5-1-2-6-12/h3-4,7H,1-2,5-6H2. The highest BCUT2D eigenvalue weighted by atomic mass is 19.1. The highest BCUT2D eigenvalue weighted by molar-refractivity contribution is 5.45. The van der Waals surface area contributed by atoms with Crippen molar-refractivity contribution < 1.29 is 4.39 Å². The zero-order valence-corrected chi connectivity index (χ0v) is 6.83. The van der Waals surface area contributed by atoms with Crippen LogP contribution in [0, 0.1) is 5.82 Å². The zero-order valence-electron chi connectivity index (χ0n) is 6.83. The van der Waals surface area contributed by atoms with E-state index in [0.29, 0.717) is 5.69 Å². The van der Waals surface area contributed by atoms with E-state index >= 15 is 0 Å². The Balaban J connectivity index is 2.26. The molecule has 0 unspecified atom stereocenters. The van der Waals surface area contributed by atoms with Crippen molar-refractivity contribution in [2.75, 3.05) is 18.0 Å². The van der Waals surface area contributed by atoms with Crippen molar-refractivity contribution in [2.24, 2.45) is 0 Å². The smallest absolute Gasteiger partial charge is 0.149 e. The van der Waals surface area contributed by atoms with Gasteiger partial charge in [0.05, 0.1) is 11.9 Å².